The minimum Gasteiger partial charge on any atom is -0.395 e. The molecule has 0 aromatic heterocycles. The van der Waals surface area contributed by atoms with Crippen molar-refractivity contribution in [1.82, 2.24) is 0 Å². The van der Waals surface area contributed by atoms with Crippen LogP contribution in [-0.4, -0.2) is 62.1 Å². The van der Waals surface area contributed by atoms with Gasteiger partial charge in [0.05, 0.1) is 24.1 Å². The van der Waals surface area contributed by atoms with E-state index in [4.69, 9.17) is 9.84 Å². The second-order valence-corrected chi connectivity index (χ2v) is 5.22. The van der Waals surface area contributed by atoms with Gasteiger partial charge in [-0.2, -0.15) is 0 Å². The number of aliphatic hydroxyl groups is 4. The summed E-state index contributed by atoms with van der Waals surface area (Å²) in [5, 5.41) is 37.1. The number of hydrogen-bond donors (Lipinski definition) is 4. The van der Waals surface area contributed by atoms with Gasteiger partial charge in [-0.05, 0) is 13.8 Å². The van der Waals surface area contributed by atoms with Crippen LogP contribution in [0.15, 0.2) is 0 Å². The Bertz CT molecular complexity index is 199. The monoisotopic (exact) mass is 238 g/mol. The van der Waals surface area contributed by atoms with Crippen molar-refractivity contribution < 1.29 is 25.2 Å². The van der Waals surface area contributed by atoms with Gasteiger partial charge in [0.1, 0.15) is 17.6 Å². The van der Waals surface area contributed by atoms with Crippen molar-refractivity contribution in [3.8, 4) is 0 Å². The average molecular weight is 238 g/mol. The summed E-state index contributed by atoms with van der Waals surface area (Å²) in [6.45, 7) is 3.38. The Morgan fingerprint density at radius 2 is 1.73 bits per heavy atom. The number of thioether (sulfide) groups is 1. The first kappa shape index (κ1) is 13.2. The maximum absolute atomic E-state index is 9.63. The van der Waals surface area contributed by atoms with Crippen LogP contribution in [0, 0.1) is 0 Å². The Morgan fingerprint density at radius 1 is 1.13 bits per heavy atom. The molecule has 0 aromatic carbocycles. The van der Waals surface area contributed by atoms with Crippen molar-refractivity contribution in [3.63, 3.8) is 0 Å². The third-order valence-electron chi connectivity index (χ3n) is 2.25. The lowest BCUT2D eigenvalue weighted by molar-refractivity contribution is -0.117. The first-order chi connectivity index (χ1) is 6.97. The predicted octanol–water partition coefficient (Wildman–Crippen LogP) is -1.07. The van der Waals surface area contributed by atoms with Crippen molar-refractivity contribution in [2.75, 3.05) is 6.61 Å². The van der Waals surface area contributed by atoms with E-state index in [1.54, 1.807) is 0 Å². The third-order valence-corrected chi connectivity index (χ3v) is 3.69. The fourth-order valence-corrected chi connectivity index (χ4v) is 2.81. The summed E-state index contributed by atoms with van der Waals surface area (Å²) in [6, 6.07) is 0. The minimum absolute atomic E-state index is 0.0843. The molecule has 6 heteroatoms. The Balaban J connectivity index is 2.65. The largest absolute Gasteiger partial charge is 0.395 e. The molecule has 1 aliphatic rings. The fraction of sp³-hybridized carbons (Fsp3) is 1.00. The Hall–Kier alpha value is 0.150. The maximum Gasteiger partial charge on any atom is 0.132 e. The zero-order chi connectivity index (χ0) is 11.6. The van der Waals surface area contributed by atoms with E-state index in [0.717, 1.165) is 11.8 Å². The second-order valence-electron chi connectivity index (χ2n) is 3.88. The topological polar surface area (TPSA) is 90.2 Å². The molecule has 1 rings (SSSR count). The zero-order valence-corrected chi connectivity index (χ0v) is 9.59. The molecule has 15 heavy (non-hydrogen) atoms. The molecule has 5 atom stereocenters. The summed E-state index contributed by atoms with van der Waals surface area (Å²) in [5.41, 5.74) is -0.611. The van der Waals surface area contributed by atoms with Crippen molar-refractivity contribution in [3.05, 3.63) is 0 Å². The van der Waals surface area contributed by atoms with E-state index in [-0.39, 0.29) is 12.7 Å². The van der Waals surface area contributed by atoms with Gasteiger partial charge in [-0.1, -0.05) is 0 Å². The van der Waals surface area contributed by atoms with E-state index in [9.17, 15) is 15.3 Å². The normalized spacial score (nSPS) is 42.2. The zero-order valence-electron chi connectivity index (χ0n) is 8.78. The summed E-state index contributed by atoms with van der Waals surface area (Å²) in [4.78, 5) is 0. The quantitative estimate of drug-likeness (QED) is 0.500. The molecule has 5 nitrogen and oxygen atoms in total. The molecule has 0 saturated carbocycles. The van der Waals surface area contributed by atoms with Crippen LogP contribution in [0.1, 0.15) is 13.8 Å². The van der Waals surface area contributed by atoms with Gasteiger partial charge in [-0.15, -0.1) is 11.8 Å². The van der Waals surface area contributed by atoms with Crippen LogP contribution in [0.3, 0.4) is 0 Å². The molecule has 0 amide bonds. The maximum atomic E-state index is 9.63. The smallest absolute Gasteiger partial charge is 0.132 e. The highest BCUT2D eigenvalue weighted by Gasteiger charge is 2.43. The number of aliphatic hydroxyl groups excluding tert-OH is 4. The molecule has 0 radical (unpaired) electrons. The van der Waals surface area contributed by atoms with Crippen LogP contribution >= 0.6 is 11.8 Å². The van der Waals surface area contributed by atoms with Gasteiger partial charge < -0.3 is 25.2 Å². The molecule has 1 fully saturated rings. The lowest BCUT2D eigenvalue weighted by atomic mass is 10.0. The Morgan fingerprint density at radius 3 is 2.20 bits per heavy atom. The molecule has 0 aliphatic carbocycles. The van der Waals surface area contributed by atoms with Gasteiger partial charge in [0, 0.05) is 0 Å². The van der Waals surface area contributed by atoms with Crippen molar-refractivity contribution >= 4 is 11.8 Å². The van der Waals surface area contributed by atoms with Crippen LogP contribution in [0.4, 0.5) is 0 Å². The van der Waals surface area contributed by atoms with Gasteiger partial charge in [-0.3, -0.25) is 0 Å². The summed E-state index contributed by atoms with van der Waals surface area (Å²) in [5.74, 6) is 0. The van der Waals surface area contributed by atoms with Crippen LogP contribution < -0.4 is 0 Å². The molecule has 1 heterocycles. The van der Waals surface area contributed by atoms with E-state index >= 15 is 0 Å². The Kier molecular flexibility index (Phi) is 4.82. The van der Waals surface area contributed by atoms with Crippen LogP contribution in [0.5, 0.6) is 0 Å². The number of ether oxygens (including phenoxy) is 1. The van der Waals surface area contributed by atoms with Gasteiger partial charge in [0.2, 0.25) is 0 Å². The summed E-state index contributed by atoms with van der Waals surface area (Å²) < 4.78 is 5.38. The SMILES string of the molecule is CC(C)OC1S[C@H](CO)[C@H](O)[C@H](O)[C@H]1O. The van der Waals surface area contributed by atoms with Crippen molar-refractivity contribution in [1.29, 1.82) is 0 Å². The summed E-state index contributed by atoms with van der Waals surface area (Å²) >= 11 is 1.15. The molecule has 0 aromatic rings. The van der Waals surface area contributed by atoms with E-state index in [1.807, 2.05) is 13.8 Å². The van der Waals surface area contributed by atoms with E-state index < -0.39 is 29.0 Å². The van der Waals surface area contributed by atoms with E-state index in [1.165, 1.54) is 0 Å². The highest BCUT2D eigenvalue weighted by Crippen LogP contribution is 2.33. The highest BCUT2D eigenvalue weighted by atomic mass is 32.2. The molecular weight excluding hydrogens is 220 g/mol. The third kappa shape index (κ3) is 3.05. The van der Waals surface area contributed by atoms with E-state index in [0.29, 0.717) is 0 Å². The van der Waals surface area contributed by atoms with Crippen molar-refractivity contribution in [2.45, 2.75) is 48.9 Å². The summed E-state index contributed by atoms with van der Waals surface area (Å²) in [7, 11) is 0. The Labute approximate surface area is 93.1 Å². The molecule has 0 bridgehead atoms. The molecule has 90 valence electrons. The summed E-state index contributed by atoms with van der Waals surface area (Å²) in [6.07, 6.45) is -3.61. The van der Waals surface area contributed by atoms with Gasteiger partial charge in [0.25, 0.3) is 0 Å². The van der Waals surface area contributed by atoms with Crippen LogP contribution in [0.2, 0.25) is 0 Å². The molecule has 0 spiro atoms. The molecule has 4 N–H and O–H groups in total. The second kappa shape index (κ2) is 5.47. The minimum atomic E-state index is -1.27. The van der Waals surface area contributed by atoms with Gasteiger partial charge in [0.15, 0.2) is 0 Å². The molecule has 1 unspecified atom stereocenters. The number of hydrogen-bond acceptors (Lipinski definition) is 6. The average Bonchev–Trinajstić information content (AvgIpc) is 2.18. The fourth-order valence-electron chi connectivity index (χ4n) is 1.45. The van der Waals surface area contributed by atoms with E-state index in [2.05, 4.69) is 0 Å². The van der Waals surface area contributed by atoms with Crippen LogP contribution in [0.25, 0.3) is 0 Å². The molecule has 1 saturated heterocycles. The lowest BCUT2D eigenvalue weighted by Crippen LogP contribution is -2.55. The predicted molar refractivity (Wildman–Crippen MR) is 56.5 cm³/mol. The first-order valence-corrected chi connectivity index (χ1v) is 5.87. The van der Waals surface area contributed by atoms with Gasteiger partial charge in [-0.25, -0.2) is 0 Å². The molecular formula is C9H18O5S. The van der Waals surface area contributed by atoms with Crippen molar-refractivity contribution in [2.24, 2.45) is 0 Å². The van der Waals surface area contributed by atoms with Gasteiger partial charge >= 0.3 is 0 Å². The standard InChI is InChI=1S/C9H18O5S/c1-4(2)14-9-8(13)7(12)6(11)5(3-10)15-9/h4-13H,3H2,1-2H3/t5-,6+,7+,8-,9?/m1/s1. The first-order valence-electron chi connectivity index (χ1n) is 4.93. The number of rotatable bonds is 3. The molecule has 1 aliphatic heterocycles. The highest BCUT2D eigenvalue weighted by molar-refractivity contribution is 8.00. The van der Waals surface area contributed by atoms with Crippen LogP contribution in [-0.2, 0) is 4.74 Å². The lowest BCUT2D eigenvalue weighted by Gasteiger charge is -2.39.